The third-order valence-electron chi connectivity index (χ3n) is 9.90. The normalized spacial score (nSPS) is 16.4. The zero-order valence-corrected chi connectivity index (χ0v) is 41.9. The van der Waals surface area contributed by atoms with Crippen LogP contribution in [0.4, 0.5) is 0 Å². The van der Waals surface area contributed by atoms with Gasteiger partial charge >= 0.3 is 24.2 Å². The van der Waals surface area contributed by atoms with E-state index in [2.05, 4.69) is 31.9 Å². The third-order valence-corrected chi connectivity index (χ3v) is 11.2. The Morgan fingerprint density at radius 1 is 0.486 bits per heavy atom. The Balaban J connectivity index is -0.000000578. The fourth-order valence-electron chi connectivity index (χ4n) is 5.33. The third kappa shape index (κ3) is 32.3. The van der Waals surface area contributed by atoms with E-state index in [0.717, 1.165) is 0 Å². The predicted octanol–water partition coefficient (Wildman–Crippen LogP) is -9.08. The van der Waals surface area contributed by atoms with Gasteiger partial charge in [0.05, 0.1) is 49.3 Å². The van der Waals surface area contributed by atoms with E-state index in [4.69, 9.17) is 29.4 Å². The van der Waals surface area contributed by atoms with Gasteiger partial charge in [0.15, 0.2) is 0 Å². The summed E-state index contributed by atoms with van der Waals surface area (Å²) in [5.74, 6) is -8.68. The van der Waals surface area contributed by atoms with Crippen LogP contribution in [0.15, 0.2) is 0 Å². The maximum absolute atomic E-state index is 12.6. The molecular formula is C40H70N6O24S2. The quantitative estimate of drug-likeness (QED) is 0.0284. The lowest BCUT2D eigenvalue weighted by atomic mass is 9.94. The SMILES string of the molecule is CN[C@@H](C)C(=O)C[C@@H](CC(=O)NC[C@H](O)[C@@H](O)[C@H](O)[C@H](O)CO)C(=O)N[C@@H](CSC)C(=O)O.CN[C@@H](C)C(=O)C[C@H](CC(=O)NC[C@H](O)[C@@H](O)[C@H](O)[C@H](O)CO)C(=O)N[C@@H](CSC)C(=O)O.O=C=O.O=C=O. The highest BCUT2D eigenvalue weighted by Gasteiger charge is 2.34. The van der Waals surface area contributed by atoms with Crippen LogP contribution >= 0.6 is 23.5 Å². The summed E-state index contributed by atoms with van der Waals surface area (Å²) in [5, 5.41) is 128. The molecule has 416 valence electrons. The molecule has 72 heavy (non-hydrogen) atoms. The fourth-order valence-corrected chi connectivity index (χ4v) is 6.45. The van der Waals surface area contributed by atoms with Gasteiger partial charge in [0.1, 0.15) is 60.3 Å². The van der Waals surface area contributed by atoms with Gasteiger partial charge in [-0.05, 0) is 40.5 Å². The van der Waals surface area contributed by atoms with Gasteiger partial charge in [-0.3, -0.25) is 28.8 Å². The van der Waals surface area contributed by atoms with Crippen LogP contribution in [0.1, 0.15) is 39.5 Å². The summed E-state index contributed by atoms with van der Waals surface area (Å²) < 4.78 is 0. The van der Waals surface area contributed by atoms with E-state index in [9.17, 15) is 89.4 Å². The number of thioether (sulfide) groups is 2. The van der Waals surface area contributed by atoms with Crippen LogP contribution < -0.4 is 31.9 Å². The first-order valence-electron chi connectivity index (χ1n) is 21.2. The van der Waals surface area contributed by atoms with E-state index >= 15 is 0 Å². The maximum Gasteiger partial charge on any atom is 0.373 e. The van der Waals surface area contributed by atoms with Crippen LogP contribution in [0.2, 0.25) is 0 Å². The van der Waals surface area contributed by atoms with Gasteiger partial charge in [-0.2, -0.15) is 42.7 Å². The Kier molecular flexibility index (Phi) is 43.6. The molecule has 0 aromatic rings. The van der Waals surface area contributed by atoms with Gasteiger partial charge in [0, 0.05) is 50.3 Å². The molecule has 18 N–H and O–H groups in total. The van der Waals surface area contributed by atoms with Crippen molar-refractivity contribution in [2.24, 2.45) is 11.8 Å². The first-order valence-corrected chi connectivity index (χ1v) is 24.0. The predicted molar refractivity (Wildman–Crippen MR) is 247 cm³/mol. The number of aliphatic carboxylic acids is 2. The number of carboxylic acid groups (broad SMARTS) is 2. The number of carboxylic acids is 2. The summed E-state index contributed by atoms with van der Waals surface area (Å²) in [5.41, 5.74) is 0. The molecule has 0 unspecified atom stereocenters. The van der Waals surface area contributed by atoms with Crippen molar-refractivity contribution >= 4 is 83.0 Å². The minimum Gasteiger partial charge on any atom is -0.480 e. The molecule has 0 bridgehead atoms. The van der Waals surface area contributed by atoms with Crippen LogP contribution in [0.3, 0.4) is 0 Å². The van der Waals surface area contributed by atoms with Gasteiger partial charge in [0.2, 0.25) is 23.6 Å². The molecule has 0 aliphatic carbocycles. The molecule has 0 saturated carbocycles. The second-order valence-electron chi connectivity index (χ2n) is 15.2. The lowest BCUT2D eigenvalue weighted by molar-refractivity contribution is -0.193. The van der Waals surface area contributed by atoms with Crippen molar-refractivity contribution in [3.8, 4) is 0 Å². The number of Topliss-reactive ketones (excluding diaryl/α,β-unsaturated/α-hetero) is 2. The number of hydrogen-bond donors (Lipinski definition) is 18. The number of amides is 4. The molecule has 0 rings (SSSR count). The summed E-state index contributed by atoms with van der Waals surface area (Å²) in [4.78, 5) is 130. The Morgan fingerprint density at radius 2 is 0.750 bits per heavy atom. The minimum absolute atomic E-state index is 0.0763. The molecule has 0 aromatic heterocycles. The van der Waals surface area contributed by atoms with Crippen LogP contribution in [-0.2, 0) is 57.5 Å². The lowest BCUT2D eigenvalue weighted by Crippen LogP contribution is -2.50. The van der Waals surface area contributed by atoms with Crippen molar-refractivity contribution in [1.29, 1.82) is 0 Å². The number of nitrogens with one attached hydrogen (secondary N) is 6. The van der Waals surface area contributed by atoms with Crippen LogP contribution in [0.5, 0.6) is 0 Å². The van der Waals surface area contributed by atoms with E-state index in [-0.39, 0.29) is 48.2 Å². The van der Waals surface area contributed by atoms with Crippen molar-refractivity contribution in [3.63, 3.8) is 0 Å². The van der Waals surface area contributed by atoms with E-state index in [1.54, 1.807) is 26.4 Å². The summed E-state index contributed by atoms with van der Waals surface area (Å²) in [7, 11) is 3.08. The van der Waals surface area contributed by atoms with E-state index in [1.807, 2.05) is 0 Å². The number of rotatable bonds is 34. The topological polar surface area (TPSA) is 520 Å². The van der Waals surface area contributed by atoms with Crippen molar-refractivity contribution in [2.75, 3.05) is 64.4 Å². The highest BCUT2D eigenvalue weighted by Crippen LogP contribution is 2.15. The van der Waals surface area contributed by atoms with Crippen molar-refractivity contribution in [2.45, 2.75) is 113 Å². The first kappa shape index (κ1) is 73.7. The van der Waals surface area contributed by atoms with Crippen molar-refractivity contribution in [3.05, 3.63) is 0 Å². The van der Waals surface area contributed by atoms with E-state index in [1.165, 1.54) is 37.6 Å². The lowest BCUT2D eigenvalue weighted by Gasteiger charge is -2.26. The molecule has 30 nitrogen and oxygen atoms in total. The molecular weight excluding hydrogens is 1010 g/mol. The highest BCUT2D eigenvalue weighted by atomic mass is 32.2. The Morgan fingerprint density at radius 3 is 0.972 bits per heavy atom. The molecule has 32 heteroatoms. The van der Waals surface area contributed by atoms with Crippen molar-refractivity contribution < 1.29 is 119 Å². The average molecular weight is 1080 g/mol. The van der Waals surface area contributed by atoms with Crippen LogP contribution in [0, 0.1) is 11.8 Å². The monoisotopic (exact) mass is 1080 g/mol. The molecule has 0 spiro atoms. The van der Waals surface area contributed by atoms with E-state index < -0.39 is 160 Å². The summed E-state index contributed by atoms with van der Waals surface area (Å²) >= 11 is 2.38. The van der Waals surface area contributed by atoms with Gasteiger partial charge in [-0.25, -0.2) is 9.59 Å². The van der Waals surface area contributed by atoms with Gasteiger partial charge in [0.25, 0.3) is 0 Å². The zero-order chi connectivity index (χ0) is 56.8. The number of carbonyl (C=O) groups is 8. The van der Waals surface area contributed by atoms with Crippen LogP contribution in [0.25, 0.3) is 0 Å². The molecule has 0 aromatic carbocycles. The van der Waals surface area contributed by atoms with Crippen molar-refractivity contribution in [1.82, 2.24) is 31.9 Å². The molecule has 0 fully saturated rings. The molecule has 14 atom stereocenters. The Hall–Kier alpha value is -4.86. The average Bonchev–Trinajstić information content (AvgIpc) is 3.34. The van der Waals surface area contributed by atoms with Crippen LogP contribution in [-0.4, -0.2) is 258 Å². The van der Waals surface area contributed by atoms with Gasteiger partial charge in [-0.15, -0.1) is 0 Å². The van der Waals surface area contributed by atoms with E-state index in [0.29, 0.717) is 0 Å². The molecule has 0 aliphatic rings. The number of likely N-dealkylation sites (N-methyl/N-ethyl adjacent to an activating group) is 2. The second kappa shape index (κ2) is 42.6. The number of hydrogen-bond acceptors (Lipinski definition) is 26. The molecule has 0 heterocycles. The van der Waals surface area contributed by atoms with Gasteiger partial charge < -0.3 is 93.2 Å². The number of ketones is 2. The maximum atomic E-state index is 12.6. The number of aliphatic hydroxyl groups excluding tert-OH is 10. The fraction of sp³-hybridized carbons (Fsp3) is 0.750. The molecule has 0 aliphatic heterocycles. The Labute approximate surface area is 421 Å². The summed E-state index contributed by atoms with van der Waals surface area (Å²) in [6.45, 7) is 0.287. The molecule has 4 amide bonds. The molecule has 0 saturated heterocycles. The Bertz CT molecular complexity index is 1590. The minimum atomic E-state index is -1.88. The smallest absolute Gasteiger partial charge is 0.373 e. The summed E-state index contributed by atoms with van der Waals surface area (Å²) in [6, 6.07) is -3.65. The summed E-state index contributed by atoms with van der Waals surface area (Å²) in [6.07, 6.45) is -12.2. The van der Waals surface area contributed by atoms with Gasteiger partial charge in [-0.1, -0.05) is 0 Å². The highest BCUT2D eigenvalue weighted by molar-refractivity contribution is 7.98. The zero-order valence-electron chi connectivity index (χ0n) is 40.2. The largest absolute Gasteiger partial charge is 0.480 e. The number of carbonyl (C=O) groups excluding carboxylic acids is 10. The first-order chi connectivity index (χ1) is 33.6. The second-order valence-corrected chi connectivity index (χ2v) is 17.1. The molecule has 0 radical (unpaired) electrons. The number of aliphatic hydroxyl groups is 10. The standard InChI is InChI=1S/2C19H35N3O10S.2CO2/c2*1-9(20-2)12(24)4-10(18(30)22-11(8-33-3)19(31)32)5-15(27)21-6-13(25)16(28)17(29)14(26)7-23;2*2-1-3/h2*9-11,13-14,16-17,20,23,25-26,28-29H,4-8H2,1-3H3,(H,21,27)(H,22,30)(H,31,32);;/t9-,10+,11-,13-,14+,16+,17+;9-,10-,11-,13-,14+,16+,17+;;/m00../s1.